The maximum absolute atomic E-state index is 4.78. The molecule has 0 unspecified atom stereocenters. The zero-order valence-corrected chi connectivity index (χ0v) is 17.0. The first kappa shape index (κ1) is 18.4. The van der Waals surface area contributed by atoms with Crippen molar-refractivity contribution in [2.24, 2.45) is 0 Å². The topological polar surface area (TPSA) is 24.3 Å². The molecule has 0 aliphatic carbocycles. The van der Waals surface area contributed by atoms with E-state index in [1.165, 1.54) is 29.9 Å². The quantitative estimate of drug-likeness (QED) is 0.637. The molecule has 0 N–H and O–H groups in total. The molecule has 2 aromatic heterocycles. The van der Waals surface area contributed by atoms with Crippen molar-refractivity contribution < 1.29 is 0 Å². The maximum Gasteiger partial charge on any atom is 0.0963 e. The van der Waals surface area contributed by atoms with Gasteiger partial charge in [0.1, 0.15) is 0 Å². The third kappa shape index (κ3) is 4.15. The van der Waals surface area contributed by atoms with Gasteiger partial charge in [0.05, 0.1) is 17.7 Å². The number of hydrogen-bond acceptors (Lipinski definition) is 4. The van der Waals surface area contributed by atoms with Gasteiger partial charge in [-0.1, -0.05) is 30.3 Å². The number of rotatable bonds is 6. The summed E-state index contributed by atoms with van der Waals surface area (Å²) in [4.78, 5) is 9.93. The Balaban J connectivity index is 1.51. The Morgan fingerprint density at radius 3 is 2.41 bits per heavy atom. The number of imidazole rings is 1. The van der Waals surface area contributed by atoms with Gasteiger partial charge in [0.25, 0.3) is 0 Å². The predicted molar refractivity (Wildman–Crippen MR) is 114 cm³/mol. The molecule has 0 radical (unpaired) electrons. The van der Waals surface area contributed by atoms with Crippen molar-refractivity contribution in [2.75, 3.05) is 32.7 Å². The SMILES string of the molecule is CC(C)N1CCN(CCn2cnc(-c3ccccc3)c2-c2ccsc2)CC1. The van der Waals surface area contributed by atoms with Crippen LogP contribution in [-0.2, 0) is 6.54 Å². The van der Waals surface area contributed by atoms with Gasteiger partial charge in [0.2, 0.25) is 0 Å². The highest BCUT2D eigenvalue weighted by Gasteiger charge is 2.20. The Labute approximate surface area is 166 Å². The molecule has 1 aromatic carbocycles. The third-order valence-electron chi connectivity index (χ3n) is 5.47. The Hall–Kier alpha value is -1.95. The first-order valence-electron chi connectivity index (χ1n) is 9.82. The highest BCUT2D eigenvalue weighted by Crippen LogP contribution is 2.32. The first-order chi connectivity index (χ1) is 13.2. The Bertz CT molecular complexity index is 831. The fourth-order valence-electron chi connectivity index (χ4n) is 3.81. The lowest BCUT2D eigenvalue weighted by Gasteiger charge is -2.37. The molecule has 4 rings (SSSR count). The number of benzene rings is 1. The van der Waals surface area contributed by atoms with E-state index in [4.69, 9.17) is 4.98 Å². The average molecular weight is 381 g/mol. The van der Waals surface area contributed by atoms with Crippen molar-refractivity contribution in [3.63, 3.8) is 0 Å². The minimum absolute atomic E-state index is 0.652. The molecule has 3 aromatic rings. The smallest absolute Gasteiger partial charge is 0.0963 e. The summed E-state index contributed by atoms with van der Waals surface area (Å²) >= 11 is 1.74. The molecule has 0 atom stereocenters. The van der Waals surface area contributed by atoms with Crippen LogP contribution in [0.3, 0.4) is 0 Å². The fourth-order valence-corrected chi connectivity index (χ4v) is 4.45. The van der Waals surface area contributed by atoms with Gasteiger partial charge in [0.15, 0.2) is 0 Å². The van der Waals surface area contributed by atoms with E-state index in [-0.39, 0.29) is 0 Å². The van der Waals surface area contributed by atoms with E-state index in [2.05, 4.69) is 75.4 Å². The van der Waals surface area contributed by atoms with Crippen LogP contribution in [0.2, 0.25) is 0 Å². The fraction of sp³-hybridized carbons (Fsp3) is 0.409. The summed E-state index contributed by atoms with van der Waals surface area (Å²) < 4.78 is 2.33. The summed E-state index contributed by atoms with van der Waals surface area (Å²) in [5, 5.41) is 4.37. The molecule has 142 valence electrons. The second-order valence-corrected chi connectivity index (χ2v) is 8.26. The van der Waals surface area contributed by atoms with Crippen LogP contribution in [0, 0.1) is 0 Å². The summed E-state index contributed by atoms with van der Waals surface area (Å²) in [7, 11) is 0. The maximum atomic E-state index is 4.78. The highest BCUT2D eigenvalue weighted by molar-refractivity contribution is 7.08. The molecule has 3 heterocycles. The lowest BCUT2D eigenvalue weighted by atomic mass is 10.1. The van der Waals surface area contributed by atoms with Crippen LogP contribution in [0.4, 0.5) is 0 Å². The summed E-state index contributed by atoms with van der Waals surface area (Å²) in [6, 6.07) is 13.4. The summed E-state index contributed by atoms with van der Waals surface area (Å²) in [5.74, 6) is 0. The zero-order valence-electron chi connectivity index (χ0n) is 16.2. The van der Waals surface area contributed by atoms with Crippen molar-refractivity contribution in [1.29, 1.82) is 0 Å². The molecule has 1 fully saturated rings. The van der Waals surface area contributed by atoms with Gasteiger partial charge in [-0.2, -0.15) is 11.3 Å². The van der Waals surface area contributed by atoms with Crippen molar-refractivity contribution in [2.45, 2.75) is 26.4 Å². The van der Waals surface area contributed by atoms with Gasteiger partial charge >= 0.3 is 0 Å². The van der Waals surface area contributed by atoms with E-state index >= 15 is 0 Å². The molecule has 1 aliphatic heterocycles. The molecule has 0 spiro atoms. The second kappa shape index (κ2) is 8.38. The van der Waals surface area contributed by atoms with Crippen LogP contribution < -0.4 is 0 Å². The number of piperazine rings is 1. The van der Waals surface area contributed by atoms with Gasteiger partial charge in [0, 0.05) is 61.8 Å². The molecule has 1 aliphatic rings. The molecule has 5 heteroatoms. The molecule has 27 heavy (non-hydrogen) atoms. The Kier molecular flexibility index (Phi) is 5.72. The van der Waals surface area contributed by atoms with Crippen LogP contribution >= 0.6 is 11.3 Å². The molecular formula is C22H28N4S. The summed E-state index contributed by atoms with van der Waals surface area (Å²) in [6.07, 6.45) is 2.01. The van der Waals surface area contributed by atoms with Crippen molar-refractivity contribution >= 4 is 11.3 Å². The van der Waals surface area contributed by atoms with E-state index in [0.29, 0.717) is 6.04 Å². The van der Waals surface area contributed by atoms with E-state index in [0.717, 1.165) is 31.9 Å². The van der Waals surface area contributed by atoms with Gasteiger partial charge < -0.3 is 4.57 Å². The Morgan fingerprint density at radius 1 is 0.963 bits per heavy atom. The van der Waals surface area contributed by atoms with Crippen molar-refractivity contribution in [3.8, 4) is 22.5 Å². The first-order valence-corrected chi connectivity index (χ1v) is 10.8. The monoisotopic (exact) mass is 380 g/mol. The van der Waals surface area contributed by atoms with Crippen molar-refractivity contribution in [3.05, 3.63) is 53.5 Å². The van der Waals surface area contributed by atoms with Crippen LogP contribution in [0.5, 0.6) is 0 Å². The number of nitrogens with zero attached hydrogens (tertiary/aromatic N) is 4. The molecule has 1 saturated heterocycles. The normalized spacial score (nSPS) is 16.3. The predicted octanol–water partition coefficient (Wildman–Crippen LogP) is 4.30. The van der Waals surface area contributed by atoms with Crippen LogP contribution in [-0.4, -0.2) is 58.1 Å². The van der Waals surface area contributed by atoms with E-state index < -0.39 is 0 Å². The van der Waals surface area contributed by atoms with Gasteiger partial charge in [-0.05, 0) is 25.3 Å². The van der Waals surface area contributed by atoms with Gasteiger partial charge in [-0.3, -0.25) is 9.80 Å². The number of hydrogen-bond donors (Lipinski definition) is 0. The lowest BCUT2D eigenvalue weighted by molar-refractivity contribution is 0.106. The zero-order chi connectivity index (χ0) is 18.6. The molecule has 0 amide bonds. The summed E-state index contributed by atoms with van der Waals surface area (Å²) in [6.45, 7) is 11.3. The van der Waals surface area contributed by atoms with Crippen LogP contribution in [0.15, 0.2) is 53.5 Å². The lowest BCUT2D eigenvalue weighted by Crippen LogP contribution is -2.49. The van der Waals surface area contributed by atoms with E-state index in [1.807, 2.05) is 6.33 Å². The number of aromatic nitrogens is 2. The standard InChI is InChI=1S/C22H28N4S/c1-18(2)25-12-9-24(10-13-25)11-14-26-17-23-21(19-6-4-3-5-7-19)22(26)20-8-15-27-16-20/h3-8,15-18H,9-14H2,1-2H3. The van der Waals surface area contributed by atoms with E-state index in [9.17, 15) is 0 Å². The summed E-state index contributed by atoms with van der Waals surface area (Å²) in [5.41, 5.74) is 4.77. The molecule has 0 saturated carbocycles. The highest BCUT2D eigenvalue weighted by atomic mass is 32.1. The minimum atomic E-state index is 0.652. The van der Waals surface area contributed by atoms with Gasteiger partial charge in [-0.15, -0.1) is 0 Å². The van der Waals surface area contributed by atoms with Crippen LogP contribution in [0.25, 0.3) is 22.5 Å². The molecular weight excluding hydrogens is 352 g/mol. The van der Waals surface area contributed by atoms with E-state index in [1.54, 1.807) is 11.3 Å². The minimum Gasteiger partial charge on any atom is -0.329 e. The van der Waals surface area contributed by atoms with Gasteiger partial charge in [-0.25, -0.2) is 4.98 Å². The second-order valence-electron chi connectivity index (χ2n) is 7.48. The largest absolute Gasteiger partial charge is 0.329 e. The Morgan fingerprint density at radius 2 is 1.74 bits per heavy atom. The van der Waals surface area contributed by atoms with Crippen molar-refractivity contribution in [1.82, 2.24) is 19.4 Å². The molecule has 0 bridgehead atoms. The van der Waals surface area contributed by atoms with Crippen LogP contribution in [0.1, 0.15) is 13.8 Å². The molecule has 4 nitrogen and oxygen atoms in total. The average Bonchev–Trinajstić information content (AvgIpc) is 3.36. The number of thiophene rings is 1. The third-order valence-corrected chi connectivity index (χ3v) is 6.16.